The molecular formula is C14H16BrF3N2O. The summed E-state index contributed by atoms with van der Waals surface area (Å²) in [4.78, 5) is 13.0. The van der Waals surface area contributed by atoms with Gasteiger partial charge in [0.1, 0.15) is 0 Å². The van der Waals surface area contributed by atoms with E-state index < -0.39 is 11.7 Å². The van der Waals surface area contributed by atoms with E-state index in [1.54, 1.807) is 11.0 Å². The van der Waals surface area contributed by atoms with E-state index in [4.69, 9.17) is 0 Å². The van der Waals surface area contributed by atoms with Crippen molar-refractivity contribution in [2.75, 3.05) is 18.4 Å². The topological polar surface area (TPSA) is 32.3 Å². The van der Waals surface area contributed by atoms with Crippen molar-refractivity contribution < 1.29 is 18.0 Å². The largest absolute Gasteiger partial charge is 0.417 e. The van der Waals surface area contributed by atoms with Crippen molar-refractivity contribution in [2.24, 2.45) is 0 Å². The molecule has 2 rings (SSSR count). The third-order valence-electron chi connectivity index (χ3n) is 3.58. The fraction of sp³-hybridized carbons (Fsp3) is 0.500. The second kappa shape index (κ2) is 6.25. The zero-order valence-electron chi connectivity index (χ0n) is 11.5. The second-order valence-corrected chi connectivity index (χ2v) is 5.97. The standard InChI is InChI=1S/C14H16BrF3N2O/c1-9(21)20-6-4-10(5-7-20)19-11-2-3-13(15)12(8-11)14(16,17)18/h2-3,8,10,19H,4-7H2,1H3. The van der Waals surface area contributed by atoms with Crippen LogP contribution in [0.15, 0.2) is 22.7 Å². The lowest BCUT2D eigenvalue weighted by Crippen LogP contribution is -2.41. The Labute approximate surface area is 129 Å². The number of alkyl halides is 3. The van der Waals surface area contributed by atoms with E-state index in [-0.39, 0.29) is 16.4 Å². The molecule has 1 saturated heterocycles. The van der Waals surface area contributed by atoms with E-state index in [0.717, 1.165) is 18.9 Å². The van der Waals surface area contributed by atoms with E-state index in [1.807, 2.05) is 0 Å². The first kappa shape index (κ1) is 16.1. The predicted octanol–water partition coefficient (Wildman–Crippen LogP) is 3.89. The number of rotatable bonds is 2. The zero-order chi connectivity index (χ0) is 15.6. The van der Waals surface area contributed by atoms with Gasteiger partial charge in [0.05, 0.1) is 5.56 Å². The number of nitrogens with zero attached hydrogens (tertiary/aromatic N) is 1. The highest BCUT2D eigenvalue weighted by Gasteiger charge is 2.33. The first-order valence-corrected chi connectivity index (χ1v) is 7.45. The van der Waals surface area contributed by atoms with Crippen LogP contribution in [0.2, 0.25) is 0 Å². The van der Waals surface area contributed by atoms with Gasteiger partial charge in [-0.3, -0.25) is 4.79 Å². The minimum Gasteiger partial charge on any atom is -0.382 e. The van der Waals surface area contributed by atoms with Crippen LogP contribution >= 0.6 is 15.9 Å². The molecule has 3 nitrogen and oxygen atoms in total. The number of hydrogen-bond donors (Lipinski definition) is 1. The van der Waals surface area contributed by atoms with E-state index in [1.165, 1.54) is 13.0 Å². The molecule has 1 aromatic carbocycles. The maximum absolute atomic E-state index is 12.8. The first-order valence-electron chi connectivity index (χ1n) is 6.66. The van der Waals surface area contributed by atoms with E-state index in [2.05, 4.69) is 21.2 Å². The Morgan fingerprint density at radius 3 is 2.48 bits per heavy atom. The van der Waals surface area contributed by atoms with Crippen LogP contribution in [0, 0.1) is 0 Å². The first-order chi connectivity index (χ1) is 9.77. The van der Waals surface area contributed by atoms with Crippen LogP contribution in [-0.2, 0) is 11.0 Å². The average molecular weight is 365 g/mol. The summed E-state index contributed by atoms with van der Waals surface area (Å²) in [6.07, 6.45) is -2.91. The summed E-state index contributed by atoms with van der Waals surface area (Å²) >= 11 is 2.92. The van der Waals surface area contributed by atoms with E-state index in [0.29, 0.717) is 18.8 Å². The summed E-state index contributed by atoms with van der Waals surface area (Å²) in [6.45, 7) is 2.80. The van der Waals surface area contributed by atoms with Crippen LogP contribution in [0.25, 0.3) is 0 Å². The Kier molecular flexibility index (Phi) is 4.81. The van der Waals surface area contributed by atoms with Crippen molar-refractivity contribution in [3.05, 3.63) is 28.2 Å². The lowest BCUT2D eigenvalue weighted by molar-refractivity contribution is -0.138. The SMILES string of the molecule is CC(=O)N1CCC(Nc2ccc(Br)c(C(F)(F)F)c2)CC1. The van der Waals surface area contributed by atoms with Gasteiger partial charge >= 0.3 is 6.18 Å². The molecule has 1 heterocycles. The van der Waals surface area contributed by atoms with Gasteiger partial charge in [0.2, 0.25) is 5.91 Å². The number of carbonyl (C=O) groups excluding carboxylic acids is 1. The molecule has 0 bridgehead atoms. The van der Waals surface area contributed by atoms with E-state index in [9.17, 15) is 18.0 Å². The van der Waals surface area contributed by atoms with Gasteiger partial charge in [-0.15, -0.1) is 0 Å². The van der Waals surface area contributed by atoms with Gasteiger partial charge in [0.25, 0.3) is 0 Å². The van der Waals surface area contributed by atoms with Crippen LogP contribution in [0.4, 0.5) is 18.9 Å². The minimum absolute atomic E-state index is 0.0342. The van der Waals surface area contributed by atoms with Crippen molar-refractivity contribution in [3.63, 3.8) is 0 Å². The number of hydrogen-bond acceptors (Lipinski definition) is 2. The molecule has 0 aliphatic carbocycles. The smallest absolute Gasteiger partial charge is 0.382 e. The van der Waals surface area contributed by atoms with Gasteiger partial charge in [0.15, 0.2) is 0 Å². The summed E-state index contributed by atoms with van der Waals surface area (Å²) in [7, 11) is 0. The van der Waals surface area contributed by atoms with Gasteiger partial charge in [-0.05, 0) is 31.0 Å². The molecule has 21 heavy (non-hydrogen) atoms. The molecule has 1 aliphatic rings. The Morgan fingerprint density at radius 2 is 1.95 bits per heavy atom. The molecule has 0 spiro atoms. The maximum Gasteiger partial charge on any atom is 0.417 e. The molecule has 0 saturated carbocycles. The molecule has 1 aromatic rings. The van der Waals surface area contributed by atoms with Gasteiger partial charge in [0, 0.05) is 36.2 Å². The minimum atomic E-state index is -4.38. The Hall–Kier alpha value is -1.24. The van der Waals surface area contributed by atoms with Crippen molar-refractivity contribution in [1.82, 2.24) is 4.90 Å². The fourth-order valence-corrected chi connectivity index (χ4v) is 2.88. The van der Waals surface area contributed by atoms with Crippen molar-refractivity contribution in [2.45, 2.75) is 32.0 Å². The van der Waals surface area contributed by atoms with E-state index >= 15 is 0 Å². The maximum atomic E-state index is 12.8. The molecule has 0 aromatic heterocycles. The number of piperidine rings is 1. The van der Waals surface area contributed by atoms with Gasteiger partial charge in [-0.25, -0.2) is 0 Å². The third kappa shape index (κ3) is 4.12. The number of nitrogens with one attached hydrogen (secondary N) is 1. The molecule has 7 heteroatoms. The molecule has 1 N–H and O–H groups in total. The summed E-state index contributed by atoms with van der Waals surface area (Å²) < 4.78 is 38.6. The monoisotopic (exact) mass is 364 g/mol. The highest BCUT2D eigenvalue weighted by Crippen LogP contribution is 2.36. The molecule has 0 unspecified atom stereocenters. The number of halogens is 4. The Balaban J connectivity index is 2.03. The van der Waals surface area contributed by atoms with Gasteiger partial charge in [-0.1, -0.05) is 15.9 Å². The van der Waals surface area contributed by atoms with Crippen LogP contribution < -0.4 is 5.32 Å². The van der Waals surface area contributed by atoms with Crippen LogP contribution in [0.1, 0.15) is 25.3 Å². The molecular weight excluding hydrogens is 349 g/mol. The summed E-state index contributed by atoms with van der Waals surface area (Å²) in [5.74, 6) is 0.0384. The van der Waals surface area contributed by atoms with Crippen LogP contribution in [0.3, 0.4) is 0 Å². The third-order valence-corrected chi connectivity index (χ3v) is 4.27. The Bertz CT molecular complexity index is 525. The number of amides is 1. The van der Waals surface area contributed by atoms with Crippen molar-refractivity contribution in [3.8, 4) is 0 Å². The predicted molar refractivity (Wildman–Crippen MR) is 78.0 cm³/mol. The summed E-state index contributed by atoms with van der Waals surface area (Å²) in [5, 5.41) is 3.12. The number of carbonyl (C=O) groups is 1. The summed E-state index contributed by atoms with van der Waals surface area (Å²) in [5.41, 5.74) is -0.236. The average Bonchev–Trinajstić information content (AvgIpc) is 2.40. The zero-order valence-corrected chi connectivity index (χ0v) is 13.1. The lowest BCUT2D eigenvalue weighted by Gasteiger charge is -2.32. The number of likely N-dealkylation sites (tertiary alicyclic amines) is 1. The van der Waals surface area contributed by atoms with Crippen LogP contribution in [-0.4, -0.2) is 29.9 Å². The molecule has 116 valence electrons. The number of anilines is 1. The fourth-order valence-electron chi connectivity index (χ4n) is 2.41. The molecule has 1 aliphatic heterocycles. The van der Waals surface area contributed by atoms with Crippen molar-refractivity contribution >= 4 is 27.5 Å². The lowest BCUT2D eigenvalue weighted by atomic mass is 10.0. The normalized spacial score (nSPS) is 16.9. The Morgan fingerprint density at radius 1 is 1.33 bits per heavy atom. The van der Waals surface area contributed by atoms with Crippen molar-refractivity contribution in [1.29, 1.82) is 0 Å². The highest BCUT2D eigenvalue weighted by atomic mass is 79.9. The van der Waals surface area contributed by atoms with Crippen LogP contribution in [0.5, 0.6) is 0 Å². The number of benzene rings is 1. The molecule has 0 atom stereocenters. The quantitative estimate of drug-likeness (QED) is 0.863. The van der Waals surface area contributed by atoms with Gasteiger partial charge < -0.3 is 10.2 Å². The molecule has 1 fully saturated rings. The summed E-state index contributed by atoms with van der Waals surface area (Å²) in [6, 6.07) is 4.22. The molecule has 1 amide bonds. The van der Waals surface area contributed by atoms with Gasteiger partial charge in [-0.2, -0.15) is 13.2 Å². The second-order valence-electron chi connectivity index (χ2n) is 5.12. The highest BCUT2D eigenvalue weighted by molar-refractivity contribution is 9.10. The molecule has 0 radical (unpaired) electrons.